The van der Waals surface area contributed by atoms with Gasteiger partial charge in [0.1, 0.15) is 6.07 Å². The highest BCUT2D eigenvalue weighted by atomic mass is 32.2. The first-order valence-electron chi connectivity index (χ1n) is 6.02. The summed E-state index contributed by atoms with van der Waals surface area (Å²) >= 11 is 1.90. The van der Waals surface area contributed by atoms with Gasteiger partial charge in [0.25, 0.3) is 0 Å². The topological polar surface area (TPSA) is 35.8 Å². The molecule has 0 aliphatic heterocycles. The highest BCUT2D eigenvalue weighted by Crippen LogP contribution is 2.19. The Hall–Kier alpha value is -1.14. The van der Waals surface area contributed by atoms with Crippen LogP contribution in [-0.4, -0.2) is 18.6 Å². The Balaban J connectivity index is 2.39. The average Bonchev–Trinajstić information content (AvgIpc) is 2.35. The van der Waals surface area contributed by atoms with Crippen LogP contribution in [0.2, 0.25) is 0 Å². The fourth-order valence-corrected chi connectivity index (χ4v) is 2.25. The summed E-state index contributed by atoms with van der Waals surface area (Å²) < 4.78 is 0. The van der Waals surface area contributed by atoms with Crippen molar-refractivity contribution in [3.05, 3.63) is 29.3 Å². The van der Waals surface area contributed by atoms with Gasteiger partial charge in [-0.05, 0) is 43.4 Å². The van der Waals surface area contributed by atoms with Crippen molar-refractivity contribution in [1.29, 1.82) is 5.26 Å². The van der Waals surface area contributed by atoms with E-state index in [9.17, 15) is 0 Å². The summed E-state index contributed by atoms with van der Waals surface area (Å²) in [7, 11) is 0. The van der Waals surface area contributed by atoms with Crippen LogP contribution in [0.1, 0.15) is 30.4 Å². The van der Waals surface area contributed by atoms with Gasteiger partial charge >= 0.3 is 0 Å². The quantitative estimate of drug-likeness (QED) is 0.745. The Bertz CT molecular complexity index is 382. The lowest BCUT2D eigenvalue weighted by atomic mass is 10.1. The molecule has 0 atom stereocenters. The van der Waals surface area contributed by atoms with E-state index in [1.165, 1.54) is 25.0 Å². The number of nitrogens with one attached hydrogen (secondary N) is 1. The van der Waals surface area contributed by atoms with E-state index in [1.807, 2.05) is 36.9 Å². The molecular weight excluding hydrogens is 228 g/mol. The van der Waals surface area contributed by atoms with Crippen molar-refractivity contribution in [3.8, 4) is 6.07 Å². The van der Waals surface area contributed by atoms with Crippen molar-refractivity contribution in [1.82, 2.24) is 0 Å². The molecule has 92 valence electrons. The number of benzene rings is 1. The number of unbranched alkanes of at least 4 members (excludes halogenated alkanes) is 2. The summed E-state index contributed by atoms with van der Waals surface area (Å²) in [5, 5.41) is 12.4. The Labute approximate surface area is 108 Å². The van der Waals surface area contributed by atoms with E-state index in [1.54, 1.807) is 0 Å². The van der Waals surface area contributed by atoms with Crippen molar-refractivity contribution in [2.24, 2.45) is 0 Å². The van der Waals surface area contributed by atoms with Crippen LogP contribution in [0.3, 0.4) is 0 Å². The summed E-state index contributed by atoms with van der Waals surface area (Å²) in [6.45, 7) is 2.99. The summed E-state index contributed by atoms with van der Waals surface area (Å²) in [5.41, 5.74) is 2.89. The first kappa shape index (κ1) is 13.9. The summed E-state index contributed by atoms with van der Waals surface area (Å²) in [6, 6.07) is 8.06. The first-order chi connectivity index (χ1) is 8.29. The molecular formula is C14H20N2S. The molecule has 0 fully saturated rings. The lowest BCUT2D eigenvalue weighted by Gasteiger charge is -2.10. The van der Waals surface area contributed by atoms with Gasteiger partial charge in [-0.25, -0.2) is 0 Å². The van der Waals surface area contributed by atoms with E-state index < -0.39 is 0 Å². The van der Waals surface area contributed by atoms with E-state index in [-0.39, 0.29) is 0 Å². The molecule has 0 aromatic heterocycles. The van der Waals surface area contributed by atoms with Crippen molar-refractivity contribution in [2.45, 2.75) is 26.2 Å². The van der Waals surface area contributed by atoms with Crippen LogP contribution in [0.25, 0.3) is 0 Å². The van der Waals surface area contributed by atoms with Crippen molar-refractivity contribution < 1.29 is 0 Å². The van der Waals surface area contributed by atoms with E-state index in [4.69, 9.17) is 5.26 Å². The van der Waals surface area contributed by atoms with E-state index in [2.05, 4.69) is 17.6 Å². The Kier molecular flexibility index (Phi) is 6.57. The standard InChI is InChI=1S/C14H20N2S/c1-12-7-6-8-13(11-15)14(12)16-9-4-3-5-10-17-2/h6-8,16H,3-5,9-10H2,1-2H3. The minimum absolute atomic E-state index is 0.745. The predicted molar refractivity (Wildman–Crippen MR) is 76.6 cm³/mol. The minimum Gasteiger partial charge on any atom is -0.384 e. The molecule has 0 saturated carbocycles. The number of thioether (sulfide) groups is 1. The zero-order chi connectivity index (χ0) is 12.5. The zero-order valence-electron chi connectivity index (χ0n) is 10.6. The first-order valence-corrected chi connectivity index (χ1v) is 7.41. The minimum atomic E-state index is 0.745. The second-order valence-electron chi connectivity index (χ2n) is 4.09. The maximum atomic E-state index is 9.02. The van der Waals surface area contributed by atoms with Crippen LogP contribution in [0.4, 0.5) is 5.69 Å². The lowest BCUT2D eigenvalue weighted by molar-refractivity contribution is 0.749. The average molecular weight is 248 g/mol. The fraction of sp³-hybridized carbons (Fsp3) is 0.500. The summed E-state index contributed by atoms with van der Waals surface area (Å²) in [5.74, 6) is 1.24. The molecule has 2 nitrogen and oxygen atoms in total. The van der Waals surface area contributed by atoms with Crippen LogP contribution >= 0.6 is 11.8 Å². The van der Waals surface area contributed by atoms with Gasteiger partial charge in [0.05, 0.1) is 11.3 Å². The maximum Gasteiger partial charge on any atom is 0.101 e. The Morgan fingerprint density at radius 2 is 2.12 bits per heavy atom. The molecule has 1 rings (SSSR count). The Morgan fingerprint density at radius 1 is 1.29 bits per heavy atom. The van der Waals surface area contributed by atoms with Crippen molar-refractivity contribution >= 4 is 17.4 Å². The van der Waals surface area contributed by atoms with Crippen LogP contribution < -0.4 is 5.32 Å². The third kappa shape index (κ3) is 4.70. The van der Waals surface area contributed by atoms with Crippen LogP contribution in [0.5, 0.6) is 0 Å². The number of para-hydroxylation sites is 1. The molecule has 17 heavy (non-hydrogen) atoms. The van der Waals surface area contributed by atoms with E-state index in [0.29, 0.717) is 0 Å². The number of hydrogen-bond donors (Lipinski definition) is 1. The Morgan fingerprint density at radius 3 is 2.82 bits per heavy atom. The highest BCUT2D eigenvalue weighted by Gasteiger charge is 2.03. The third-order valence-corrected chi connectivity index (χ3v) is 3.42. The largest absolute Gasteiger partial charge is 0.384 e. The molecule has 0 bridgehead atoms. The molecule has 1 aromatic rings. The van der Waals surface area contributed by atoms with E-state index in [0.717, 1.165) is 23.4 Å². The van der Waals surface area contributed by atoms with Crippen LogP contribution in [0.15, 0.2) is 18.2 Å². The number of nitriles is 1. The van der Waals surface area contributed by atoms with Gasteiger partial charge in [0.15, 0.2) is 0 Å². The normalized spacial score (nSPS) is 9.94. The number of nitrogens with zero attached hydrogens (tertiary/aromatic N) is 1. The van der Waals surface area contributed by atoms with Gasteiger partial charge in [-0.1, -0.05) is 18.6 Å². The smallest absolute Gasteiger partial charge is 0.101 e. The highest BCUT2D eigenvalue weighted by molar-refractivity contribution is 7.98. The number of aryl methyl sites for hydroxylation is 1. The van der Waals surface area contributed by atoms with Gasteiger partial charge in [-0.3, -0.25) is 0 Å². The van der Waals surface area contributed by atoms with Gasteiger partial charge < -0.3 is 5.32 Å². The molecule has 0 heterocycles. The molecule has 0 spiro atoms. The van der Waals surface area contributed by atoms with E-state index >= 15 is 0 Å². The van der Waals surface area contributed by atoms with Gasteiger partial charge in [-0.15, -0.1) is 0 Å². The molecule has 0 unspecified atom stereocenters. The van der Waals surface area contributed by atoms with Crippen molar-refractivity contribution in [2.75, 3.05) is 23.9 Å². The maximum absolute atomic E-state index is 9.02. The van der Waals surface area contributed by atoms with Crippen LogP contribution in [0, 0.1) is 18.3 Å². The third-order valence-electron chi connectivity index (χ3n) is 2.72. The summed E-state index contributed by atoms with van der Waals surface area (Å²) in [4.78, 5) is 0. The molecule has 0 radical (unpaired) electrons. The van der Waals surface area contributed by atoms with Crippen molar-refractivity contribution in [3.63, 3.8) is 0 Å². The zero-order valence-corrected chi connectivity index (χ0v) is 11.4. The lowest BCUT2D eigenvalue weighted by Crippen LogP contribution is -2.05. The fourth-order valence-electron chi connectivity index (χ4n) is 1.76. The number of hydrogen-bond acceptors (Lipinski definition) is 3. The second-order valence-corrected chi connectivity index (χ2v) is 5.08. The molecule has 0 amide bonds. The molecule has 0 aliphatic rings. The SMILES string of the molecule is CSCCCCCNc1c(C)cccc1C#N. The number of rotatable bonds is 7. The molecule has 0 saturated heterocycles. The second kappa shape index (κ2) is 8.03. The van der Waals surface area contributed by atoms with Gasteiger partial charge in [-0.2, -0.15) is 17.0 Å². The molecule has 3 heteroatoms. The molecule has 0 aliphatic carbocycles. The predicted octanol–water partition coefficient (Wildman–Crippen LogP) is 3.81. The van der Waals surface area contributed by atoms with Gasteiger partial charge in [0, 0.05) is 6.54 Å². The summed E-state index contributed by atoms with van der Waals surface area (Å²) in [6.07, 6.45) is 5.84. The molecule has 1 aromatic carbocycles. The number of anilines is 1. The van der Waals surface area contributed by atoms with Crippen LogP contribution in [-0.2, 0) is 0 Å². The van der Waals surface area contributed by atoms with Gasteiger partial charge in [0.2, 0.25) is 0 Å². The monoisotopic (exact) mass is 248 g/mol. The molecule has 1 N–H and O–H groups in total.